The highest BCUT2D eigenvalue weighted by Gasteiger charge is 2.32. The smallest absolute Gasteiger partial charge is 0.331 e. The topological polar surface area (TPSA) is 111 Å². The maximum atomic E-state index is 12.0. The number of rotatable bonds is 4. The molecule has 0 bridgehead atoms. The maximum absolute atomic E-state index is 12.0. The van der Waals surface area contributed by atoms with E-state index in [2.05, 4.69) is 19.2 Å². The van der Waals surface area contributed by atoms with Crippen LogP contribution in [0.2, 0.25) is 0 Å². The Bertz CT molecular complexity index is 741. The Kier molecular flexibility index (Phi) is 4.45. The summed E-state index contributed by atoms with van der Waals surface area (Å²) in [6.45, 7) is 0. The molecule has 0 radical (unpaired) electrons. The molecule has 0 amide bonds. The lowest BCUT2D eigenvalue weighted by molar-refractivity contribution is -0.148. The number of amidine groups is 1. The minimum absolute atomic E-state index is 0.00472. The van der Waals surface area contributed by atoms with E-state index in [4.69, 9.17) is 0 Å². The van der Waals surface area contributed by atoms with E-state index < -0.39 is 28.0 Å². The summed E-state index contributed by atoms with van der Waals surface area (Å²) in [6, 6.07) is 5.00. The number of sulfonamides is 1. The van der Waals surface area contributed by atoms with Crippen LogP contribution in [0.25, 0.3) is 0 Å². The Morgan fingerprint density at radius 3 is 2.55 bits per heavy atom. The largest absolute Gasteiger partial charge is 0.469 e. The van der Waals surface area contributed by atoms with E-state index in [0.717, 1.165) is 7.11 Å². The summed E-state index contributed by atoms with van der Waals surface area (Å²) >= 11 is 0. The number of fused-ring (bicyclic) bond motifs is 1. The third-order valence-corrected chi connectivity index (χ3v) is 4.41. The van der Waals surface area contributed by atoms with Crippen LogP contribution in [0.4, 0.5) is 0 Å². The lowest BCUT2D eigenvalue weighted by Gasteiger charge is -2.10. The molecule has 1 N–H and O–H groups in total. The van der Waals surface area contributed by atoms with E-state index in [9.17, 15) is 18.0 Å². The van der Waals surface area contributed by atoms with Gasteiger partial charge in [0.05, 0.1) is 25.5 Å². The van der Waals surface area contributed by atoms with E-state index in [1.54, 1.807) is 18.2 Å². The Hall–Kier alpha value is -2.42. The van der Waals surface area contributed by atoms with Gasteiger partial charge in [-0.25, -0.2) is 13.2 Å². The van der Waals surface area contributed by atoms with Crippen LogP contribution in [0, 0.1) is 0 Å². The number of hydrogen-bond donors (Lipinski definition) is 1. The standard InChI is InChI=1S/C13H14N2O6S/c1-20-11(16)7-9(13(17)21-2)14-12-8-5-3-4-6-10(8)22(18,19)15-12/h3-6,9H,7H2,1-2H3,(H,14,15)/t9-/m0/s1. The van der Waals surface area contributed by atoms with Gasteiger partial charge >= 0.3 is 11.9 Å². The SMILES string of the molecule is COC(=O)C[C@H](N=C1NS(=O)(=O)c2ccccc21)C(=O)OC. The number of methoxy groups -OCH3 is 2. The van der Waals surface area contributed by atoms with Gasteiger partial charge in [-0.1, -0.05) is 12.1 Å². The third kappa shape index (κ3) is 3.08. The lowest BCUT2D eigenvalue weighted by atomic mass is 10.2. The van der Waals surface area contributed by atoms with Gasteiger partial charge in [0.25, 0.3) is 10.0 Å². The molecule has 0 fully saturated rings. The summed E-state index contributed by atoms with van der Waals surface area (Å²) in [5, 5.41) is 0. The molecular formula is C13H14N2O6S. The predicted molar refractivity (Wildman–Crippen MR) is 75.7 cm³/mol. The molecule has 0 saturated carbocycles. The number of ether oxygens (including phenoxy) is 2. The Balaban J connectivity index is 2.42. The van der Waals surface area contributed by atoms with E-state index in [1.807, 2.05) is 0 Å². The second kappa shape index (κ2) is 6.14. The van der Waals surface area contributed by atoms with Crippen LogP contribution in [0.1, 0.15) is 12.0 Å². The van der Waals surface area contributed by atoms with Crippen molar-refractivity contribution in [2.45, 2.75) is 17.4 Å². The molecule has 2 rings (SSSR count). The molecule has 1 aliphatic rings. The van der Waals surface area contributed by atoms with Crippen molar-refractivity contribution >= 4 is 27.8 Å². The second-order valence-electron chi connectivity index (χ2n) is 4.40. The van der Waals surface area contributed by atoms with E-state index in [0.29, 0.717) is 5.56 Å². The minimum Gasteiger partial charge on any atom is -0.469 e. The van der Waals surface area contributed by atoms with Gasteiger partial charge in [0.1, 0.15) is 5.84 Å². The average molecular weight is 326 g/mol. The number of aliphatic imine (C=N–C) groups is 1. The van der Waals surface area contributed by atoms with Crippen molar-refractivity contribution in [3.63, 3.8) is 0 Å². The van der Waals surface area contributed by atoms with Gasteiger partial charge in [0, 0.05) is 5.56 Å². The molecule has 0 unspecified atom stereocenters. The highest BCUT2D eigenvalue weighted by molar-refractivity contribution is 7.90. The Labute approximate surface area is 127 Å². The van der Waals surface area contributed by atoms with E-state index in [-0.39, 0.29) is 17.2 Å². The molecule has 0 aliphatic carbocycles. The van der Waals surface area contributed by atoms with Crippen molar-refractivity contribution in [3.05, 3.63) is 29.8 Å². The normalized spacial score (nSPS) is 18.2. The first-order valence-corrected chi connectivity index (χ1v) is 7.72. The van der Waals surface area contributed by atoms with Gasteiger partial charge in [0.2, 0.25) is 0 Å². The fourth-order valence-corrected chi connectivity index (χ4v) is 3.18. The molecule has 8 nitrogen and oxygen atoms in total. The molecule has 1 atom stereocenters. The van der Waals surface area contributed by atoms with Crippen LogP contribution >= 0.6 is 0 Å². The Morgan fingerprint density at radius 1 is 1.23 bits per heavy atom. The zero-order chi connectivity index (χ0) is 16.3. The molecule has 9 heteroatoms. The highest BCUT2D eigenvalue weighted by atomic mass is 32.2. The van der Waals surface area contributed by atoms with Crippen molar-refractivity contribution in [3.8, 4) is 0 Å². The summed E-state index contributed by atoms with van der Waals surface area (Å²) in [7, 11) is -1.39. The molecule has 22 heavy (non-hydrogen) atoms. The van der Waals surface area contributed by atoms with Crippen molar-refractivity contribution in [1.82, 2.24) is 4.72 Å². The maximum Gasteiger partial charge on any atom is 0.331 e. The summed E-state index contributed by atoms with van der Waals surface area (Å²) in [5.74, 6) is -1.43. The molecule has 1 aliphatic heterocycles. The average Bonchev–Trinajstić information content (AvgIpc) is 2.77. The molecule has 0 spiro atoms. The molecule has 1 aromatic carbocycles. The fraction of sp³-hybridized carbons (Fsp3) is 0.308. The number of benzene rings is 1. The highest BCUT2D eigenvalue weighted by Crippen LogP contribution is 2.23. The van der Waals surface area contributed by atoms with Crippen molar-refractivity contribution in [2.24, 2.45) is 4.99 Å². The van der Waals surface area contributed by atoms with E-state index >= 15 is 0 Å². The van der Waals surface area contributed by atoms with Gasteiger partial charge in [-0.2, -0.15) is 0 Å². The first-order chi connectivity index (χ1) is 10.4. The molecule has 0 saturated heterocycles. The van der Waals surface area contributed by atoms with Gasteiger partial charge < -0.3 is 9.47 Å². The van der Waals surface area contributed by atoms with Crippen molar-refractivity contribution in [2.75, 3.05) is 14.2 Å². The Morgan fingerprint density at radius 2 is 1.91 bits per heavy atom. The van der Waals surface area contributed by atoms with Gasteiger partial charge in [-0.05, 0) is 12.1 Å². The van der Waals surface area contributed by atoms with Crippen LogP contribution in [-0.4, -0.2) is 46.5 Å². The van der Waals surface area contributed by atoms with Crippen molar-refractivity contribution < 1.29 is 27.5 Å². The summed E-state index contributed by atoms with van der Waals surface area (Å²) < 4.78 is 35.3. The third-order valence-electron chi connectivity index (χ3n) is 3.01. The van der Waals surface area contributed by atoms with Crippen LogP contribution in [-0.2, 0) is 29.1 Å². The number of carbonyl (C=O) groups is 2. The first-order valence-electron chi connectivity index (χ1n) is 6.23. The number of nitrogens with one attached hydrogen (secondary N) is 1. The van der Waals surface area contributed by atoms with Crippen LogP contribution in [0.15, 0.2) is 34.2 Å². The van der Waals surface area contributed by atoms with Gasteiger partial charge in [-0.3, -0.25) is 14.5 Å². The quantitative estimate of drug-likeness (QED) is 0.769. The summed E-state index contributed by atoms with van der Waals surface area (Å²) in [4.78, 5) is 27.1. The van der Waals surface area contributed by atoms with Gasteiger partial charge in [0.15, 0.2) is 6.04 Å². The molecular weight excluding hydrogens is 312 g/mol. The zero-order valence-corrected chi connectivity index (χ0v) is 12.7. The zero-order valence-electron chi connectivity index (χ0n) is 11.9. The number of nitrogens with zero attached hydrogens (tertiary/aromatic N) is 1. The second-order valence-corrected chi connectivity index (χ2v) is 6.05. The summed E-state index contributed by atoms with van der Waals surface area (Å²) in [5.41, 5.74) is 0.335. The lowest BCUT2D eigenvalue weighted by Crippen LogP contribution is -2.29. The van der Waals surface area contributed by atoms with E-state index in [1.165, 1.54) is 13.2 Å². The number of carbonyl (C=O) groups excluding carboxylic acids is 2. The predicted octanol–water partition coefficient (Wildman–Crippen LogP) is -0.170. The fourth-order valence-electron chi connectivity index (χ4n) is 1.94. The monoisotopic (exact) mass is 326 g/mol. The van der Waals surface area contributed by atoms with Crippen LogP contribution < -0.4 is 4.72 Å². The number of esters is 2. The number of hydrogen-bond acceptors (Lipinski definition) is 7. The van der Waals surface area contributed by atoms with Crippen LogP contribution in [0.5, 0.6) is 0 Å². The molecule has 1 heterocycles. The molecule has 118 valence electrons. The van der Waals surface area contributed by atoms with Crippen molar-refractivity contribution in [1.29, 1.82) is 0 Å². The minimum atomic E-state index is -3.72. The molecule has 1 aromatic rings. The van der Waals surface area contributed by atoms with Crippen LogP contribution in [0.3, 0.4) is 0 Å². The molecule has 0 aromatic heterocycles. The summed E-state index contributed by atoms with van der Waals surface area (Å²) in [6.07, 6.45) is -0.351. The first kappa shape index (κ1) is 16.0. The van der Waals surface area contributed by atoms with Gasteiger partial charge in [-0.15, -0.1) is 0 Å².